The molecular weight excluding hydrogens is 266 g/mol. The molecule has 2 heterocycles. The number of ether oxygens (including phenoxy) is 1. The summed E-state index contributed by atoms with van der Waals surface area (Å²) < 4.78 is 11.3. The molecule has 0 aliphatic carbocycles. The van der Waals surface area contributed by atoms with Crippen molar-refractivity contribution in [3.8, 4) is 0 Å². The molecule has 0 saturated carbocycles. The average molecular weight is 295 g/mol. The van der Waals surface area contributed by atoms with E-state index in [0.29, 0.717) is 5.82 Å². The second kappa shape index (κ2) is 6.44. The van der Waals surface area contributed by atoms with Gasteiger partial charge in [0.1, 0.15) is 6.10 Å². The molecule has 5 nitrogen and oxygen atoms in total. The summed E-state index contributed by atoms with van der Waals surface area (Å²) in [6.45, 7) is 10.6. The van der Waals surface area contributed by atoms with Gasteiger partial charge >= 0.3 is 0 Å². The zero-order valence-corrected chi connectivity index (χ0v) is 14.0. The van der Waals surface area contributed by atoms with E-state index in [-0.39, 0.29) is 16.9 Å². The van der Waals surface area contributed by atoms with Crippen LogP contribution in [0.15, 0.2) is 4.52 Å². The van der Waals surface area contributed by atoms with Gasteiger partial charge < -0.3 is 14.6 Å². The Morgan fingerprint density at radius 2 is 2.19 bits per heavy atom. The molecule has 0 aromatic carbocycles. The van der Waals surface area contributed by atoms with Crippen molar-refractivity contribution in [2.75, 3.05) is 20.2 Å². The first-order chi connectivity index (χ1) is 9.93. The minimum absolute atomic E-state index is 0.00553. The zero-order valence-electron chi connectivity index (χ0n) is 14.0. The number of rotatable bonds is 5. The van der Waals surface area contributed by atoms with Gasteiger partial charge in [-0.2, -0.15) is 4.98 Å². The van der Waals surface area contributed by atoms with E-state index in [2.05, 4.69) is 38.2 Å². The van der Waals surface area contributed by atoms with Crippen molar-refractivity contribution in [3.05, 3.63) is 11.7 Å². The molecular formula is C16H29N3O2. The van der Waals surface area contributed by atoms with E-state index in [1.165, 1.54) is 0 Å². The number of nitrogens with one attached hydrogen (secondary N) is 1. The minimum atomic E-state index is -0.148. The van der Waals surface area contributed by atoms with Crippen LogP contribution in [0.1, 0.15) is 71.2 Å². The number of aromatic nitrogens is 2. The Hall–Kier alpha value is -0.940. The first kappa shape index (κ1) is 16.4. The fraction of sp³-hybridized carbons (Fsp3) is 0.875. The van der Waals surface area contributed by atoms with Gasteiger partial charge in [-0.1, -0.05) is 39.3 Å². The van der Waals surface area contributed by atoms with E-state index in [1.807, 2.05) is 0 Å². The summed E-state index contributed by atoms with van der Waals surface area (Å²) >= 11 is 0. The van der Waals surface area contributed by atoms with Crippen LogP contribution in [-0.2, 0) is 10.2 Å². The van der Waals surface area contributed by atoms with E-state index in [1.54, 1.807) is 7.11 Å². The smallest absolute Gasteiger partial charge is 0.234 e. The number of hydrogen-bond acceptors (Lipinski definition) is 5. The highest BCUT2D eigenvalue weighted by Crippen LogP contribution is 2.38. The second-order valence-electron chi connectivity index (χ2n) is 7.25. The minimum Gasteiger partial charge on any atom is -0.373 e. The summed E-state index contributed by atoms with van der Waals surface area (Å²) in [6.07, 6.45) is 4.32. The Morgan fingerprint density at radius 3 is 2.71 bits per heavy atom. The predicted octanol–water partition coefficient (Wildman–Crippen LogP) is 3.22. The molecule has 2 unspecified atom stereocenters. The van der Waals surface area contributed by atoms with Crippen LogP contribution in [0.25, 0.3) is 0 Å². The highest BCUT2D eigenvalue weighted by Gasteiger charge is 2.40. The van der Waals surface area contributed by atoms with Crippen LogP contribution in [0.4, 0.5) is 0 Å². The Labute approximate surface area is 127 Å². The number of piperidine rings is 1. The predicted molar refractivity (Wildman–Crippen MR) is 82.2 cm³/mol. The van der Waals surface area contributed by atoms with Crippen molar-refractivity contribution in [1.29, 1.82) is 0 Å². The summed E-state index contributed by atoms with van der Waals surface area (Å²) in [5, 5.41) is 7.70. The van der Waals surface area contributed by atoms with Crippen LogP contribution >= 0.6 is 0 Å². The molecule has 0 spiro atoms. The van der Waals surface area contributed by atoms with Crippen LogP contribution in [0, 0.1) is 5.41 Å². The third-order valence-corrected chi connectivity index (χ3v) is 4.35. The first-order valence-corrected chi connectivity index (χ1v) is 8.00. The normalized spacial score (nSPS) is 25.0. The third kappa shape index (κ3) is 3.46. The maximum Gasteiger partial charge on any atom is 0.234 e. The molecule has 1 N–H and O–H groups in total. The number of methoxy groups -OCH3 is 1. The third-order valence-electron chi connectivity index (χ3n) is 4.35. The Bertz CT molecular complexity index is 439. The van der Waals surface area contributed by atoms with E-state index in [9.17, 15) is 0 Å². The lowest BCUT2D eigenvalue weighted by molar-refractivity contribution is 0.00718. The molecule has 2 atom stereocenters. The molecule has 0 amide bonds. The molecule has 1 aliphatic rings. The molecule has 120 valence electrons. The van der Waals surface area contributed by atoms with Crippen molar-refractivity contribution in [2.24, 2.45) is 5.41 Å². The van der Waals surface area contributed by atoms with Crippen LogP contribution in [0.2, 0.25) is 0 Å². The van der Waals surface area contributed by atoms with Crippen molar-refractivity contribution >= 4 is 0 Å². The molecule has 1 fully saturated rings. The Kier molecular flexibility index (Phi) is 5.04. The van der Waals surface area contributed by atoms with Crippen molar-refractivity contribution in [1.82, 2.24) is 15.5 Å². The van der Waals surface area contributed by atoms with Crippen LogP contribution < -0.4 is 5.32 Å². The Balaban J connectivity index is 2.28. The molecule has 1 aromatic rings. The maximum atomic E-state index is 5.66. The molecule has 2 rings (SSSR count). The average Bonchev–Trinajstić information content (AvgIpc) is 2.89. The SMILES string of the molecule is CCCC1(c2nc(C(OC)C(C)(C)C)no2)CCCNC1. The lowest BCUT2D eigenvalue weighted by Gasteiger charge is -2.34. The molecule has 5 heteroatoms. The summed E-state index contributed by atoms with van der Waals surface area (Å²) in [5.41, 5.74) is -0.0624. The standard InChI is InChI=1S/C16H29N3O2/c1-6-8-16(9-7-10-17-11-16)14-18-13(19-21-14)12(20-5)15(2,3)4/h12,17H,6-11H2,1-5H3. The summed E-state index contributed by atoms with van der Waals surface area (Å²) in [6, 6.07) is 0. The molecule has 0 bridgehead atoms. The van der Waals surface area contributed by atoms with Gasteiger partial charge in [0.25, 0.3) is 0 Å². The van der Waals surface area contributed by atoms with Gasteiger partial charge in [0.2, 0.25) is 11.7 Å². The number of nitrogens with zero attached hydrogens (tertiary/aromatic N) is 2. The van der Waals surface area contributed by atoms with Crippen LogP contribution in [0.5, 0.6) is 0 Å². The van der Waals surface area contributed by atoms with Crippen molar-refractivity contribution in [3.63, 3.8) is 0 Å². The largest absolute Gasteiger partial charge is 0.373 e. The lowest BCUT2D eigenvalue weighted by Crippen LogP contribution is -2.43. The number of hydrogen-bond donors (Lipinski definition) is 1. The van der Waals surface area contributed by atoms with Crippen LogP contribution in [0.3, 0.4) is 0 Å². The highest BCUT2D eigenvalue weighted by atomic mass is 16.5. The van der Waals surface area contributed by atoms with E-state index >= 15 is 0 Å². The van der Waals surface area contributed by atoms with E-state index in [0.717, 1.165) is 44.7 Å². The van der Waals surface area contributed by atoms with Gasteiger partial charge in [0.05, 0.1) is 5.41 Å². The van der Waals surface area contributed by atoms with Gasteiger partial charge in [-0.3, -0.25) is 0 Å². The highest BCUT2D eigenvalue weighted by molar-refractivity contribution is 5.10. The van der Waals surface area contributed by atoms with Crippen LogP contribution in [-0.4, -0.2) is 30.3 Å². The first-order valence-electron chi connectivity index (χ1n) is 8.00. The van der Waals surface area contributed by atoms with E-state index < -0.39 is 0 Å². The molecule has 1 saturated heterocycles. The maximum absolute atomic E-state index is 5.66. The summed E-state index contributed by atoms with van der Waals surface area (Å²) in [5.74, 6) is 1.44. The van der Waals surface area contributed by atoms with E-state index in [4.69, 9.17) is 14.2 Å². The van der Waals surface area contributed by atoms with Gasteiger partial charge in [-0.05, 0) is 31.2 Å². The fourth-order valence-corrected chi connectivity index (χ4v) is 3.35. The second-order valence-corrected chi connectivity index (χ2v) is 7.25. The van der Waals surface area contributed by atoms with Gasteiger partial charge in [0.15, 0.2) is 0 Å². The topological polar surface area (TPSA) is 60.2 Å². The Morgan fingerprint density at radius 1 is 1.43 bits per heavy atom. The van der Waals surface area contributed by atoms with Gasteiger partial charge in [-0.15, -0.1) is 0 Å². The molecule has 1 aromatic heterocycles. The molecule has 1 aliphatic heterocycles. The molecule has 0 radical (unpaired) electrons. The fourth-order valence-electron chi connectivity index (χ4n) is 3.35. The quantitative estimate of drug-likeness (QED) is 0.903. The van der Waals surface area contributed by atoms with Gasteiger partial charge in [0, 0.05) is 13.7 Å². The monoisotopic (exact) mass is 295 g/mol. The van der Waals surface area contributed by atoms with Crippen molar-refractivity contribution in [2.45, 2.75) is 64.9 Å². The zero-order chi connectivity index (χ0) is 15.5. The van der Waals surface area contributed by atoms with Gasteiger partial charge in [-0.25, -0.2) is 0 Å². The summed E-state index contributed by atoms with van der Waals surface area (Å²) in [4.78, 5) is 4.72. The molecule has 21 heavy (non-hydrogen) atoms. The summed E-state index contributed by atoms with van der Waals surface area (Å²) in [7, 11) is 1.70. The van der Waals surface area contributed by atoms with Crippen molar-refractivity contribution < 1.29 is 9.26 Å². The lowest BCUT2D eigenvalue weighted by atomic mass is 9.77.